The fourth-order valence-electron chi connectivity index (χ4n) is 2.43. The van der Waals surface area contributed by atoms with Gasteiger partial charge >= 0.3 is 0 Å². The second-order valence-corrected chi connectivity index (χ2v) is 8.60. The first-order chi connectivity index (χ1) is 12.1. The summed E-state index contributed by atoms with van der Waals surface area (Å²) in [6, 6.07) is 6.06. The highest BCUT2D eigenvalue weighted by atomic mass is 32.2. The fourth-order valence-corrected chi connectivity index (χ4v) is 3.51. The molecule has 0 atom stereocenters. The Kier molecular flexibility index (Phi) is 8.36. The Labute approximate surface area is 157 Å². The summed E-state index contributed by atoms with van der Waals surface area (Å²) >= 11 is 0. The van der Waals surface area contributed by atoms with E-state index < -0.39 is 15.6 Å². The lowest BCUT2D eigenvalue weighted by Crippen LogP contribution is -2.53. The molecular weight excluding hydrogens is 352 g/mol. The van der Waals surface area contributed by atoms with E-state index in [0.717, 1.165) is 23.1 Å². The van der Waals surface area contributed by atoms with Crippen LogP contribution in [-0.2, 0) is 16.6 Å². The number of hydrogen-bond donors (Lipinski definition) is 3. The van der Waals surface area contributed by atoms with Crippen LogP contribution < -0.4 is 20.1 Å². The number of ether oxygens (including phenoxy) is 1. The van der Waals surface area contributed by atoms with Crippen molar-refractivity contribution in [2.24, 2.45) is 4.99 Å². The number of nitrogens with zero attached hydrogens (tertiary/aromatic N) is 1. The zero-order chi connectivity index (χ0) is 19.8. The summed E-state index contributed by atoms with van der Waals surface area (Å²) in [6.45, 7) is 11.8. The van der Waals surface area contributed by atoms with Crippen LogP contribution in [0.5, 0.6) is 5.75 Å². The number of hydrogen-bond acceptors (Lipinski definition) is 4. The number of guanidine groups is 1. The molecule has 0 bridgehead atoms. The first kappa shape index (κ1) is 22.2. The van der Waals surface area contributed by atoms with Crippen LogP contribution in [-0.4, -0.2) is 45.9 Å². The molecule has 0 aromatic heterocycles. The van der Waals surface area contributed by atoms with Gasteiger partial charge in [0.05, 0.1) is 19.4 Å². The van der Waals surface area contributed by atoms with E-state index in [1.54, 1.807) is 0 Å². The van der Waals surface area contributed by atoms with E-state index in [-0.39, 0.29) is 0 Å². The Balaban J connectivity index is 2.84. The van der Waals surface area contributed by atoms with Crippen molar-refractivity contribution in [3.8, 4) is 5.75 Å². The van der Waals surface area contributed by atoms with Crippen LogP contribution >= 0.6 is 0 Å². The number of nitrogens with one attached hydrogen (secondary N) is 3. The van der Waals surface area contributed by atoms with Gasteiger partial charge in [-0.15, -0.1) is 0 Å². The first-order valence-electron chi connectivity index (χ1n) is 8.79. The molecule has 26 heavy (non-hydrogen) atoms. The zero-order valence-electron chi connectivity index (χ0n) is 16.6. The van der Waals surface area contributed by atoms with Crippen molar-refractivity contribution in [1.82, 2.24) is 15.4 Å². The predicted molar refractivity (Wildman–Crippen MR) is 107 cm³/mol. The SMILES string of the molecule is CCNC(=NCc1ccc(C)cc1OCC)NCC(C)(C)NS(C)(=O)=O. The normalized spacial score (nSPS) is 12.8. The lowest BCUT2D eigenvalue weighted by atomic mass is 10.1. The summed E-state index contributed by atoms with van der Waals surface area (Å²) < 4.78 is 31.2. The second-order valence-electron chi connectivity index (χ2n) is 6.85. The van der Waals surface area contributed by atoms with Crippen molar-refractivity contribution < 1.29 is 13.2 Å². The molecule has 0 unspecified atom stereocenters. The van der Waals surface area contributed by atoms with Gasteiger partial charge in [-0.1, -0.05) is 12.1 Å². The number of rotatable bonds is 9. The summed E-state index contributed by atoms with van der Waals surface area (Å²) in [5, 5.41) is 6.36. The summed E-state index contributed by atoms with van der Waals surface area (Å²) in [7, 11) is -3.28. The van der Waals surface area contributed by atoms with Crippen molar-refractivity contribution in [2.45, 2.75) is 46.7 Å². The van der Waals surface area contributed by atoms with Gasteiger partial charge in [0.15, 0.2) is 5.96 Å². The molecule has 0 aliphatic rings. The van der Waals surface area contributed by atoms with E-state index in [1.807, 2.05) is 52.8 Å². The number of aliphatic imine (C=N–C) groups is 1. The largest absolute Gasteiger partial charge is 0.494 e. The maximum absolute atomic E-state index is 11.5. The third-order valence-electron chi connectivity index (χ3n) is 3.43. The molecule has 0 saturated heterocycles. The van der Waals surface area contributed by atoms with E-state index in [9.17, 15) is 8.42 Å². The van der Waals surface area contributed by atoms with E-state index in [2.05, 4.69) is 20.3 Å². The van der Waals surface area contributed by atoms with Crippen LogP contribution in [0.25, 0.3) is 0 Å². The van der Waals surface area contributed by atoms with Crippen LogP contribution in [0.2, 0.25) is 0 Å². The van der Waals surface area contributed by atoms with E-state index >= 15 is 0 Å². The van der Waals surface area contributed by atoms with E-state index in [0.29, 0.717) is 32.2 Å². The summed E-state index contributed by atoms with van der Waals surface area (Å²) in [5.41, 5.74) is 1.51. The highest BCUT2D eigenvalue weighted by Gasteiger charge is 2.22. The minimum Gasteiger partial charge on any atom is -0.494 e. The van der Waals surface area contributed by atoms with Gasteiger partial charge in [-0.2, -0.15) is 0 Å². The molecule has 1 aromatic carbocycles. The standard InChI is InChI=1S/C18H32N4O3S/c1-7-19-17(21-13-18(4,5)22-26(6,23)24)20-12-15-10-9-14(3)11-16(15)25-8-2/h9-11,22H,7-8,12-13H2,1-6H3,(H2,19,20,21). The Hall–Kier alpha value is -1.80. The molecule has 0 fully saturated rings. The summed E-state index contributed by atoms with van der Waals surface area (Å²) in [4.78, 5) is 4.59. The topological polar surface area (TPSA) is 91.8 Å². The molecule has 0 radical (unpaired) electrons. The molecule has 0 aliphatic heterocycles. The molecule has 7 nitrogen and oxygen atoms in total. The van der Waals surface area contributed by atoms with Crippen molar-refractivity contribution in [3.63, 3.8) is 0 Å². The van der Waals surface area contributed by atoms with Crippen LogP contribution in [0.15, 0.2) is 23.2 Å². The van der Waals surface area contributed by atoms with Crippen molar-refractivity contribution >= 4 is 16.0 Å². The predicted octanol–water partition coefficient (Wildman–Crippen LogP) is 1.78. The van der Waals surface area contributed by atoms with Crippen molar-refractivity contribution in [2.75, 3.05) is 26.0 Å². The van der Waals surface area contributed by atoms with E-state index in [1.165, 1.54) is 0 Å². The van der Waals surface area contributed by atoms with Gasteiger partial charge in [-0.05, 0) is 46.2 Å². The molecule has 3 N–H and O–H groups in total. The quantitative estimate of drug-likeness (QED) is 0.446. The van der Waals surface area contributed by atoms with E-state index in [4.69, 9.17) is 4.74 Å². The molecule has 0 amide bonds. The lowest BCUT2D eigenvalue weighted by molar-refractivity contribution is 0.336. The van der Waals surface area contributed by atoms with Gasteiger partial charge in [-0.3, -0.25) is 0 Å². The van der Waals surface area contributed by atoms with Crippen LogP contribution in [0.4, 0.5) is 0 Å². The smallest absolute Gasteiger partial charge is 0.209 e. The van der Waals surface area contributed by atoms with Crippen LogP contribution in [0, 0.1) is 6.92 Å². The Bertz CT molecular complexity index is 715. The van der Waals surface area contributed by atoms with Gasteiger partial charge in [0.1, 0.15) is 5.75 Å². The molecule has 1 rings (SSSR count). The third kappa shape index (κ3) is 8.53. The zero-order valence-corrected chi connectivity index (χ0v) is 17.5. The van der Waals surface area contributed by atoms with Gasteiger partial charge in [0, 0.05) is 24.2 Å². The summed E-state index contributed by atoms with van der Waals surface area (Å²) in [6.07, 6.45) is 1.15. The monoisotopic (exact) mass is 384 g/mol. The van der Waals surface area contributed by atoms with Gasteiger partial charge in [0.25, 0.3) is 0 Å². The highest BCUT2D eigenvalue weighted by molar-refractivity contribution is 7.88. The second kappa shape index (κ2) is 9.78. The minimum atomic E-state index is -3.28. The fraction of sp³-hybridized carbons (Fsp3) is 0.611. The molecule has 8 heteroatoms. The Morgan fingerprint density at radius 1 is 1.23 bits per heavy atom. The minimum absolute atomic E-state index is 0.401. The Morgan fingerprint density at radius 3 is 2.50 bits per heavy atom. The maximum Gasteiger partial charge on any atom is 0.209 e. The molecule has 0 spiro atoms. The maximum atomic E-state index is 11.5. The highest BCUT2D eigenvalue weighted by Crippen LogP contribution is 2.21. The van der Waals surface area contributed by atoms with Crippen LogP contribution in [0.1, 0.15) is 38.8 Å². The molecule has 0 aliphatic carbocycles. The van der Waals surface area contributed by atoms with Crippen LogP contribution in [0.3, 0.4) is 0 Å². The molecule has 0 heterocycles. The third-order valence-corrected chi connectivity index (χ3v) is 4.36. The number of sulfonamides is 1. The van der Waals surface area contributed by atoms with Gasteiger partial charge in [0.2, 0.25) is 10.0 Å². The molecule has 0 saturated carbocycles. The first-order valence-corrected chi connectivity index (χ1v) is 10.7. The Morgan fingerprint density at radius 2 is 1.92 bits per heavy atom. The average Bonchev–Trinajstić information content (AvgIpc) is 2.49. The van der Waals surface area contributed by atoms with Crippen molar-refractivity contribution in [1.29, 1.82) is 0 Å². The van der Waals surface area contributed by atoms with Gasteiger partial charge in [-0.25, -0.2) is 18.1 Å². The summed E-state index contributed by atoms with van der Waals surface area (Å²) in [5.74, 6) is 1.46. The lowest BCUT2D eigenvalue weighted by Gasteiger charge is -2.26. The number of aryl methyl sites for hydroxylation is 1. The average molecular weight is 385 g/mol. The number of benzene rings is 1. The molecular formula is C18H32N4O3S. The molecule has 148 valence electrons. The van der Waals surface area contributed by atoms with Crippen molar-refractivity contribution in [3.05, 3.63) is 29.3 Å². The molecule has 1 aromatic rings. The van der Waals surface area contributed by atoms with Gasteiger partial charge < -0.3 is 15.4 Å².